The van der Waals surface area contributed by atoms with E-state index < -0.39 is 0 Å². The van der Waals surface area contributed by atoms with E-state index in [1.165, 1.54) is 39.2 Å². The Bertz CT molecular complexity index is 536. The van der Waals surface area contributed by atoms with Crippen molar-refractivity contribution in [1.29, 1.82) is 0 Å². The molecule has 2 aliphatic heterocycles. The van der Waals surface area contributed by atoms with Gasteiger partial charge in [-0.15, -0.1) is 0 Å². The van der Waals surface area contributed by atoms with Crippen molar-refractivity contribution in [3.8, 4) is 0 Å². The first-order chi connectivity index (χ1) is 12.2. The molecule has 6 nitrogen and oxygen atoms in total. The van der Waals surface area contributed by atoms with Crippen LogP contribution in [-0.4, -0.2) is 62.8 Å². The molecule has 0 bridgehead atoms. The third-order valence-corrected chi connectivity index (χ3v) is 7.11. The molecular formula is C19H31N3O3. The SMILES string of the molecule is CN=C(NC1C2CCOC2C12CCCC2)N1CCC(C(=O)OC)CC1. The summed E-state index contributed by atoms with van der Waals surface area (Å²) >= 11 is 0. The molecule has 0 amide bonds. The fourth-order valence-corrected chi connectivity index (χ4v) is 5.83. The second kappa shape index (κ2) is 6.78. The number of carbonyl (C=O) groups excluding carboxylic acids is 1. The van der Waals surface area contributed by atoms with E-state index in [4.69, 9.17) is 9.47 Å². The number of ether oxygens (including phenoxy) is 2. The second-order valence-electron chi connectivity index (χ2n) is 8.14. The van der Waals surface area contributed by atoms with Crippen molar-refractivity contribution in [2.24, 2.45) is 22.2 Å². The maximum absolute atomic E-state index is 11.7. The fourth-order valence-electron chi connectivity index (χ4n) is 5.83. The van der Waals surface area contributed by atoms with Crippen LogP contribution < -0.4 is 5.32 Å². The van der Waals surface area contributed by atoms with Crippen LogP contribution in [0.1, 0.15) is 44.9 Å². The van der Waals surface area contributed by atoms with Crippen LogP contribution in [0.25, 0.3) is 0 Å². The van der Waals surface area contributed by atoms with Crippen molar-refractivity contribution in [1.82, 2.24) is 10.2 Å². The summed E-state index contributed by atoms with van der Waals surface area (Å²) < 4.78 is 11.0. The Morgan fingerprint density at radius 3 is 2.60 bits per heavy atom. The zero-order chi connectivity index (χ0) is 17.4. The molecule has 0 aromatic rings. The Morgan fingerprint density at radius 2 is 1.96 bits per heavy atom. The number of rotatable bonds is 2. The van der Waals surface area contributed by atoms with Gasteiger partial charge in [-0.1, -0.05) is 12.8 Å². The highest BCUT2D eigenvalue weighted by atomic mass is 16.5. The maximum Gasteiger partial charge on any atom is 0.308 e. The molecule has 140 valence electrons. The number of carbonyl (C=O) groups is 1. The first-order valence-electron chi connectivity index (χ1n) is 9.87. The number of guanidine groups is 1. The predicted molar refractivity (Wildman–Crippen MR) is 95.3 cm³/mol. The van der Waals surface area contributed by atoms with Gasteiger partial charge in [-0.05, 0) is 32.1 Å². The third-order valence-electron chi connectivity index (χ3n) is 7.11. The Hall–Kier alpha value is -1.30. The molecule has 3 atom stereocenters. The number of nitrogens with zero attached hydrogens (tertiary/aromatic N) is 2. The summed E-state index contributed by atoms with van der Waals surface area (Å²) in [5.41, 5.74) is 0.335. The quantitative estimate of drug-likeness (QED) is 0.468. The Balaban J connectivity index is 1.40. The van der Waals surface area contributed by atoms with Crippen molar-refractivity contribution < 1.29 is 14.3 Å². The van der Waals surface area contributed by atoms with Gasteiger partial charge < -0.3 is 19.7 Å². The summed E-state index contributed by atoms with van der Waals surface area (Å²) in [6, 6.07) is 0.500. The van der Waals surface area contributed by atoms with Gasteiger partial charge in [0.2, 0.25) is 0 Å². The van der Waals surface area contributed by atoms with E-state index in [2.05, 4.69) is 15.2 Å². The number of hydrogen-bond acceptors (Lipinski definition) is 4. The zero-order valence-corrected chi connectivity index (χ0v) is 15.5. The van der Waals surface area contributed by atoms with Gasteiger partial charge in [0.1, 0.15) is 0 Å². The summed E-state index contributed by atoms with van der Waals surface area (Å²) in [4.78, 5) is 18.6. The molecule has 0 radical (unpaired) electrons. The lowest BCUT2D eigenvalue weighted by molar-refractivity contribution is -0.146. The lowest BCUT2D eigenvalue weighted by Crippen LogP contribution is -2.69. The molecule has 0 aromatic heterocycles. The lowest BCUT2D eigenvalue weighted by atomic mass is 9.54. The zero-order valence-electron chi connectivity index (χ0n) is 15.5. The minimum absolute atomic E-state index is 0.0387. The summed E-state index contributed by atoms with van der Waals surface area (Å²) in [6.07, 6.45) is 8.56. The van der Waals surface area contributed by atoms with Gasteiger partial charge in [0, 0.05) is 44.1 Å². The Labute approximate surface area is 150 Å². The highest BCUT2D eigenvalue weighted by Crippen LogP contribution is 2.60. The molecule has 2 saturated carbocycles. The van der Waals surface area contributed by atoms with Crippen molar-refractivity contribution in [3.63, 3.8) is 0 Å². The summed E-state index contributed by atoms with van der Waals surface area (Å²) in [5.74, 6) is 1.61. The van der Waals surface area contributed by atoms with E-state index in [0.29, 0.717) is 23.5 Å². The average molecular weight is 349 g/mol. The summed E-state index contributed by atoms with van der Waals surface area (Å²) in [6.45, 7) is 2.64. The Kier molecular flexibility index (Phi) is 4.65. The molecule has 25 heavy (non-hydrogen) atoms. The molecule has 4 fully saturated rings. The molecule has 4 rings (SSSR count). The standard InChI is InChI=1S/C19H31N3O3/c1-20-18(22-10-5-13(6-11-22)17(23)24-2)21-15-14-7-12-25-16(14)19(15)8-3-4-9-19/h13-16H,3-12H2,1-2H3,(H,20,21). The topological polar surface area (TPSA) is 63.2 Å². The molecule has 0 aromatic carbocycles. The van der Waals surface area contributed by atoms with Crippen molar-refractivity contribution in [2.75, 3.05) is 33.9 Å². The second-order valence-corrected chi connectivity index (χ2v) is 8.14. The third kappa shape index (κ3) is 2.73. The number of piperidine rings is 1. The molecular weight excluding hydrogens is 318 g/mol. The average Bonchev–Trinajstić information content (AvgIpc) is 3.31. The number of aliphatic imine (C=N–C) groups is 1. The van der Waals surface area contributed by atoms with Crippen LogP contribution in [-0.2, 0) is 14.3 Å². The number of esters is 1. The molecule has 3 unspecified atom stereocenters. The van der Waals surface area contributed by atoms with Gasteiger partial charge in [0.25, 0.3) is 0 Å². The largest absolute Gasteiger partial charge is 0.469 e. The summed E-state index contributed by atoms with van der Waals surface area (Å²) in [7, 11) is 3.35. The lowest BCUT2D eigenvalue weighted by Gasteiger charge is -2.57. The number of nitrogens with one attached hydrogen (secondary N) is 1. The molecule has 1 N–H and O–H groups in total. The van der Waals surface area contributed by atoms with Crippen LogP contribution >= 0.6 is 0 Å². The first-order valence-corrected chi connectivity index (χ1v) is 9.87. The maximum atomic E-state index is 11.7. The van der Waals surface area contributed by atoms with Crippen LogP contribution in [0.3, 0.4) is 0 Å². The highest BCUT2D eigenvalue weighted by molar-refractivity contribution is 5.81. The van der Waals surface area contributed by atoms with E-state index in [9.17, 15) is 4.79 Å². The number of hydrogen-bond donors (Lipinski definition) is 1. The Morgan fingerprint density at radius 1 is 1.24 bits per heavy atom. The van der Waals surface area contributed by atoms with Crippen LogP contribution in [0.2, 0.25) is 0 Å². The first kappa shape index (κ1) is 17.1. The van der Waals surface area contributed by atoms with E-state index >= 15 is 0 Å². The van der Waals surface area contributed by atoms with E-state index in [-0.39, 0.29) is 11.9 Å². The minimum atomic E-state index is -0.0718. The minimum Gasteiger partial charge on any atom is -0.469 e. The van der Waals surface area contributed by atoms with Crippen LogP contribution in [0.15, 0.2) is 4.99 Å². The van der Waals surface area contributed by atoms with Gasteiger partial charge in [0.05, 0.1) is 19.1 Å². The predicted octanol–water partition coefficient (Wildman–Crippen LogP) is 1.79. The van der Waals surface area contributed by atoms with Crippen molar-refractivity contribution >= 4 is 11.9 Å². The summed E-state index contributed by atoms with van der Waals surface area (Å²) in [5, 5.41) is 3.81. The number of methoxy groups -OCH3 is 1. The van der Waals surface area contributed by atoms with Gasteiger partial charge in [0.15, 0.2) is 5.96 Å². The van der Waals surface area contributed by atoms with Crippen LogP contribution in [0.5, 0.6) is 0 Å². The van der Waals surface area contributed by atoms with Crippen LogP contribution in [0.4, 0.5) is 0 Å². The molecule has 6 heteroatoms. The number of fused-ring (bicyclic) bond motifs is 2. The van der Waals surface area contributed by atoms with Gasteiger partial charge >= 0.3 is 5.97 Å². The normalized spacial score (nSPS) is 34.7. The van der Waals surface area contributed by atoms with Crippen LogP contribution in [0, 0.1) is 17.3 Å². The fraction of sp³-hybridized carbons (Fsp3) is 0.895. The molecule has 2 heterocycles. The van der Waals surface area contributed by atoms with Crippen molar-refractivity contribution in [2.45, 2.75) is 57.1 Å². The van der Waals surface area contributed by atoms with Crippen molar-refractivity contribution in [3.05, 3.63) is 0 Å². The van der Waals surface area contributed by atoms with Gasteiger partial charge in [-0.3, -0.25) is 9.79 Å². The molecule has 1 spiro atoms. The molecule has 2 saturated heterocycles. The van der Waals surface area contributed by atoms with E-state index in [1.807, 2.05) is 7.05 Å². The molecule has 4 aliphatic rings. The van der Waals surface area contributed by atoms with Gasteiger partial charge in [-0.25, -0.2) is 0 Å². The molecule has 2 aliphatic carbocycles. The smallest absolute Gasteiger partial charge is 0.308 e. The highest BCUT2D eigenvalue weighted by Gasteiger charge is 2.65. The number of likely N-dealkylation sites (tertiary alicyclic amines) is 1. The van der Waals surface area contributed by atoms with E-state index in [1.54, 1.807) is 0 Å². The monoisotopic (exact) mass is 349 g/mol. The van der Waals surface area contributed by atoms with Gasteiger partial charge in [-0.2, -0.15) is 0 Å². The van der Waals surface area contributed by atoms with E-state index in [0.717, 1.165) is 38.5 Å².